The normalized spacial score (nSPS) is 15.6. The van der Waals surface area contributed by atoms with Crippen molar-refractivity contribution in [2.24, 2.45) is 5.92 Å². The molecule has 4 nitrogen and oxygen atoms in total. The number of allylic oxidation sites excluding steroid dienone is 1. The van der Waals surface area contributed by atoms with Crippen LogP contribution in [0, 0.1) is 12.8 Å². The Morgan fingerprint density at radius 2 is 2.06 bits per heavy atom. The standard InChI is InChI=1S/C25H26N4S3/c1-4-11-29-23(21-15-30-22-12-16(2)9-10-20(21)22)27-28-25(29)32-14-18-13-31-24(26-18)19-8-6-5-7-17(19)3/h4-8,13,15-16H,1,9-12,14H2,2-3H3/t16-/m1/s1. The van der Waals surface area contributed by atoms with E-state index in [-0.39, 0.29) is 0 Å². The molecule has 164 valence electrons. The van der Waals surface area contributed by atoms with Crippen LogP contribution in [0.5, 0.6) is 0 Å². The van der Waals surface area contributed by atoms with E-state index in [1.807, 2.05) is 17.4 Å². The Bertz CT molecular complexity index is 1250. The second kappa shape index (κ2) is 9.33. The number of aryl methyl sites for hydroxylation is 1. The summed E-state index contributed by atoms with van der Waals surface area (Å²) in [4.78, 5) is 6.40. The van der Waals surface area contributed by atoms with Gasteiger partial charge >= 0.3 is 0 Å². The lowest BCUT2D eigenvalue weighted by Crippen LogP contribution is -2.10. The number of aromatic nitrogens is 4. The van der Waals surface area contributed by atoms with Gasteiger partial charge in [-0.05, 0) is 43.2 Å². The van der Waals surface area contributed by atoms with Crippen LogP contribution in [-0.2, 0) is 25.1 Å². The molecule has 0 saturated carbocycles. The summed E-state index contributed by atoms with van der Waals surface area (Å²) in [5.41, 5.74) is 6.28. The molecule has 32 heavy (non-hydrogen) atoms. The van der Waals surface area contributed by atoms with Gasteiger partial charge in [-0.1, -0.05) is 49.0 Å². The van der Waals surface area contributed by atoms with Crippen LogP contribution < -0.4 is 0 Å². The molecular weight excluding hydrogens is 453 g/mol. The maximum Gasteiger partial charge on any atom is 0.192 e. The van der Waals surface area contributed by atoms with Crippen LogP contribution >= 0.6 is 34.4 Å². The van der Waals surface area contributed by atoms with Crippen molar-refractivity contribution in [1.82, 2.24) is 19.7 Å². The summed E-state index contributed by atoms with van der Waals surface area (Å²) in [5.74, 6) is 2.52. The van der Waals surface area contributed by atoms with Gasteiger partial charge in [0.25, 0.3) is 0 Å². The SMILES string of the molecule is C=CCn1c(SCc2csc(-c3ccccc3C)n2)nnc1-c1csc2c1CC[C@@H](C)C2. The number of nitrogens with zero attached hydrogens (tertiary/aromatic N) is 4. The molecule has 0 radical (unpaired) electrons. The predicted molar refractivity (Wildman–Crippen MR) is 137 cm³/mol. The van der Waals surface area contributed by atoms with E-state index in [9.17, 15) is 0 Å². The Kier molecular flexibility index (Phi) is 6.31. The highest BCUT2D eigenvalue weighted by Crippen LogP contribution is 2.38. The molecule has 4 aromatic rings. The fraction of sp³-hybridized carbons (Fsp3) is 0.320. The second-order valence-corrected chi connectivity index (χ2v) is 11.1. The summed E-state index contributed by atoms with van der Waals surface area (Å²) >= 11 is 5.28. The number of fused-ring (bicyclic) bond motifs is 1. The van der Waals surface area contributed by atoms with E-state index in [1.54, 1.807) is 23.1 Å². The van der Waals surface area contributed by atoms with Gasteiger partial charge in [-0.2, -0.15) is 0 Å². The zero-order chi connectivity index (χ0) is 22.1. The van der Waals surface area contributed by atoms with Crippen molar-refractivity contribution in [3.63, 3.8) is 0 Å². The first kappa shape index (κ1) is 21.6. The fourth-order valence-corrected chi connectivity index (χ4v) is 7.30. The molecule has 1 aliphatic rings. The van der Waals surface area contributed by atoms with Gasteiger partial charge in [0.2, 0.25) is 0 Å². The molecule has 0 aliphatic heterocycles. The number of thiazole rings is 1. The Balaban J connectivity index is 1.37. The van der Waals surface area contributed by atoms with Crippen LogP contribution in [0.1, 0.15) is 35.0 Å². The maximum absolute atomic E-state index is 4.88. The van der Waals surface area contributed by atoms with Crippen LogP contribution in [0.2, 0.25) is 0 Å². The zero-order valence-electron chi connectivity index (χ0n) is 18.4. The Morgan fingerprint density at radius 1 is 1.19 bits per heavy atom. The van der Waals surface area contributed by atoms with Gasteiger partial charge in [-0.15, -0.1) is 39.4 Å². The fourth-order valence-electron chi connectivity index (χ4n) is 4.20. The summed E-state index contributed by atoms with van der Waals surface area (Å²) in [6, 6.07) is 8.41. The minimum atomic E-state index is 0.706. The molecule has 0 bridgehead atoms. The second-order valence-electron chi connectivity index (χ2n) is 8.35. The third-order valence-corrected chi connectivity index (χ3v) is 8.92. The van der Waals surface area contributed by atoms with E-state index >= 15 is 0 Å². The number of thiophene rings is 1. The number of hydrogen-bond acceptors (Lipinski definition) is 6. The van der Waals surface area contributed by atoms with Gasteiger partial charge in [0.05, 0.1) is 5.69 Å². The lowest BCUT2D eigenvalue weighted by atomic mass is 9.88. The van der Waals surface area contributed by atoms with Crippen molar-refractivity contribution in [2.75, 3.05) is 0 Å². The zero-order valence-corrected chi connectivity index (χ0v) is 20.8. The number of rotatable bonds is 7. The Hall–Kier alpha value is -2.22. The van der Waals surface area contributed by atoms with E-state index < -0.39 is 0 Å². The first-order valence-electron chi connectivity index (χ1n) is 10.9. The minimum Gasteiger partial charge on any atom is -0.298 e. The van der Waals surface area contributed by atoms with E-state index in [4.69, 9.17) is 4.98 Å². The van der Waals surface area contributed by atoms with E-state index in [2.05, 4.69) is 70.2 Å². The predicted octanol–water partition coefficient (Wildman–Crippen LogP) is 7.04. The molecule has 0 fully saturated rings. The van der Waals surface area contributed by atoms with Gasteiger partial charge < -0.3 is 0 Å². The highest BCUT2D eigenvalue weighted by atomic mass is 32.2. The number of hydrogen-bond donors (Lipinski definition) is 0. The minimum absolute atomic E-state index is 0.706. The van der Waals surface area contributed by atoms with Crippen LogP contribution in [0.4, 0.5) is 0 Å². The molecule has 7 heteroatoms. The van der Waals surface area contributed by atoms with E-state index in [1.165, 1.54) is 40.0 Å². The number of thioether (sulfide) groups is 1. The largest absolute Gasteiger partial charge is 0.298 e. The molecule has 3 heterocycles. The quantitative estimate of drug-likeness (QED) is 0.211. The Labute approximate surface area is 201 Å². The van der Waals surface area contributed by atoms with Crippen LogP contribution in [0.25, 0.3) is 22.0 Å². The molecule has 3 aromatic heterocycles. The molecule has 0 N–H and O–H groups in total. The maximum atomic E-state index is 4.88. The van der Waals surface area contributed by atoms with E-state index in [0.717, 1.165) is 39.8 Å². The molecule has 1 atom stereocenters. The first-order valence-corrected chi connectivity index (χ1v) is 13.7. The van der Waals surface area contributed by atoms with E-state index in [0.29, 0.717) is 6.54 Å². The molecule has 1 aromatic carbocycles. The van der Waals surface area contributed by atoms with Gasteiger partial charge in [0.1, 0.15) is 5.01 Å². The third kappa shape index (κ3) is 4.21. The summed E-state index contributed by atoms with van der Waals surface area (Å²) in [6.45, 7) is 9.15. The molecular formula is C25H26N4S3. The summed E-state index contributed by atoms with van der Waals surface area (Å²) < 4.78 is 2.20. The van der Waals surface area contributed by atoms with Gasteiger partial charge in [-0.25, -0.2) is 4.98 Å². The summed E-state index contributed by atoms with van der Waals surface area (Å²) in [5, 5.41) is 15.6. The van der Waals surface area contributed by atoms with Crippen molar-refractivity contribution in [1.29, 1.82) is 0 Å². The van der Waals surface area contributed by atoms with Crippen molar-refractivity contribution in [2.45, 2.75) is 50.6 Å². The average molecular weight is 479 g/mol. The van der Waals surface area contributed by atoms with Crippen molar-refractivity contribution in [3.8, 4) is 22.0 Å². The summed E-state index contributed by atoms with van der Waals surface area (Å²) in [6.07, 6.45) is 5.50. The van der Waals surface area contributed by atoms with Crippen molar-refractivity contribution < 1.29 is 0 Å². The smallest absolute Gasteiger partial charge is 0.192 e. The molecule has 0 unspecified atom stereocenters. The Morgan fingerprint density at radius 3 is 2.91 bits per heavy atom. The van der Waals surface area contributed by atoms with Crippen molar-refractivity contribution >= 4 is 34.4 Å². The molecule has 1 aliphatic carbocycles. The van der Waals surface area contributed by atoms with Crippen LogP contribution in [0.3, 0.4) is 0 Å². The molecule has 0 saturated heterocycles. The molecule has 0 spiro atoms. The summed E-state index contributed by atoms with van der Waals surface area (Å²) in [7, 11) is 0. The topological polar surface area (TPSA) is 43.6 Å². The highest BCUT2D eigenvalue weighted by Gasteiger charge is 2.24. The average Bonchev–Trinajstić information content (AvgIpc) is 3.51. The first-order chi connectivity index (χ1) is 15.6. The lowest BCUT2D eigenvalue weighted by molar-refractivity contribution is 0.508. The van der Waals surface area contributed by atoms with Crippen LogP contribution in [-0.4, -0.2) is 19.7 Å². The highest BCUT2D eigenvalue weighted by molar-refractivity contribution is 7.98. The van der Waals surface area contributed by atoms with Crippen LogP contribution in [0.15, 0.2) is 52.8 Å². The number of benzene rings is 1. The van der Waals surface area contributed by atoms with Gasteiger partial charge in [-0.3, -0.25) is 4.57 Å². The molecule has 0 amide bonds. The van der Waals surface area contributed by atoms with Gasteiger partial charge in [0, 0.05) is 39.1 Å². The molecule has 5 rings (SSSR count). The lowest BCUT2D eigenvalue weighted by Gasteiger charge is -2.19. The van der Waals surface area contributed by atoms with Crippen molar-refractivity contribution in [3.05, 3.63) is 69.4 Å². The van der Waals surface area contributed by atoms with Gasteiger partial charge in [0.15, 0.2) is 11.0 Å². The monoisotopic (exact) mass is 478 g/mol. The third-order valence-electron chi connectivity index (χ3n) is 5.95.